The zero-order chi connectivity index (χ0) is 91.5. The van der Waals surface area contributed by atoms with E-state index in [-0.39, 0.29) is 35.7 Å². The number of rotatable bonds is 10. The third-order valence-electron chi connectivity index (χ3n) is 18.1. The summed E-state index contributed by atoms with van der Waals surface area (Å²) in [6.07, 6.45) is 21.2. The molecule has 690 valence electrons. The number of morpholine rings is 2. The van der Waals surface area contributed by atoms with Crippen molar-refractivity contribution in [1.82, 2.24) is 63.5 Å². The molecule has 0 bridgehead atoms. The molecule has 1 N–H and O–H groups in total. The molecule has 0 atom stereocenters. The van der Waals surface area contributed by atoms with E-state index in [1.165, 1.54) is 144 Å². The van der Waals surface area contributed by atoms with E-state index < -0.39 is 0 Å². The van der Waals surface area contributed by atoms with Gasteiger partial charge in [-0.2, -0.15) is 5.10 Å². The lowest BCUT2D eigenvalue weighted by molar-refractivity contribution is -0.144. The predicted molar refractivity (Wildman–Crippen MR) is 516 cm³/mol. The molecule has 0 aliphatic carbocycles. The highest BCUT2D eigenvalue weighted by Gasteiger charge is 2.22. The predicted octanol–water partition coefficient (Wildman–Crippen LogP) is 23.1. The van der Waals surface area contributed by atoms with E-state index in [1.807, 2.05) is 190 Å². The highest BCUT2D eigenvalue weighted by atomic mass is 16.5. The third kappa shape index (κ3) is 66.9. The molecular weight excluding hydrogens is 1440 g/mol. The number of carbonyl (C=O) groups is 2. The topological polar surface area (TPSA) is 162 Å². The number of aromatic nitrogens is 5. The Bertz CT molecular complexity index is 2520. The molecule has 0 saturated carbocycles. The van der Waals surface area contributed by atoms with Gasteiger partial charge in [-0.05, 0) is 253 Å². The van der Waals surface area contributed by atoms with Crippen molar-refractivity contribution in [2.24, 2.45) is 0 Å². The van der Waals surface area contributed by atoms with Crippen LogP contribution >= 0.6 is 0 Å². The smallest absolute Gasteiger partial charge is 0.266 e. The summed E-state index contributed by atoms with van der Waals surface area (Å²) < 4.78 is 15.5. The number of para-hydroxylation sites is 1. The summed E-state index contributed by atoms with van der Waals surface area (Å²) in [5.41, 5.74) is 1.29. The molecular formula is C97H201N13O6. The number of hydrogen-bond acceptors (Lipinski definition) is 14. The van der Waals surface area contributed by atoms with E-state index in [2.05, 4.69) is 178 Å². The molecule has 19 nitrogen and oxygen atoms in total. The fourth-order valence-electron chi connectivity index (χ4n) is 11.9. The van der Waals surface area contributed by atoms with Gasteiger partial charge in [0, 0.05) is 149 Å². The van der Waals surface area contributed by atoms with Gasteiger partial charge in [-0.3, -0.25) is 33.5 Å². The lowest BCUT2D eigenvalue weighted by Crippen LogP contribution is -2.46. The standard InChI is InChI=1S/C11H13N.C8H15NO.2C8H17N.2C7H10N2O.C7H16N2.C7H13NO2.C7H15NO.C7H15N.10C2H6/c1-9(2)12-8-7-10-5-3-4-6-11(10)12;1-7(2)9-6-4-3-5-8(9)10;2*1-8(2)9-6-4-3-5-7-9;1-6(2)9-5-8-4-3-7(9)10;1-6(2)9-7(10)4-3-5-8-9;1-7(2)9-5-3-8-4-6-9;1-6(2)8-3-4-10-5-7(8)9;1-7(2)8-3-5-9-6-4-8;1-7(2)8-5-3-4-6-8;10*1-2/h3-9H,1-2H3;7H,3-6H2,1-2H3;2*8H,3-7H2,1-2H3;2*3-6H,1-2H3;7-8H,3-6H2,1-2H3;6H,3-5H2,1-2H3;7H,3-6H2,1-2H3;7H,3-6H2,1-2H3;10*1-2H3. The van der Waals surface area contributed by atoms with Crippen molar-refractivity contribution in [3.63, 3.8) is 0 Å². The SMILES string of the molecule is CC.CC.CC.CC.CC.CC.CC.CC.CC.CC.CC(C)N1CCCC1.CC(C)N1CCCCC1.CC(C)N1CCCCC1.CC(C)N1CCCCC1=O.CC(C)N1CCNCC1.CC(C)N1CCOCC1.CC(C)N1CCOCC1=O.CC(C)n1ccc2ccccc21.CC(C)n1cnccc1=O.CC(C)n1ncccc1=O. The van der Waals surface area contributed by atoms with Gasteiger partial charge in [0.15, 0.2) is 0 Å². The van der Waals surface area contributed by atoms with Crippen LogP contribution in [0.15, 0.2) is 83.0 Å². The summed E-state index contributed by atoms with van der Waals surface area (Å²) in [4.78, 5) is 64.3. The van der Waals surface area contributed by atoms with Crippen molar-refractivity contribution in [3.05, 3.63) is 94.2 Å². The quantitative estimate of drug-likeness (QED) is 0.160. The van der Waals surface area contributed by atoms with Gasteiger partial charge < -0.3 is 43.9 Å². The third-order valence-corrected chi connectivity index (χ3v) is 18.1. The molecule has 0 unspecified atom stereocenters. The fraction of sp³-hybridized carbons (Fsp3) is 0.814. The van der Waals surface area contributed by atoms with Crippen LogP contribution in [0, 0.1) is 0 Å². The van der Waals surface area contributed by atoms with Crippen LogP contribution in [-0.2, 0) is 19.1 Å². The number of carbonyl (C=O) groups excluding carboxylic acids is 2. The zero-order valence-corrected chi connectivity index (χ0v) is 84.5. The Hall–Kier alpha value is -4.86. The van der Waals surface area contributed by atoms with Crippen molar-refractivity contribution in [1.29, 1.82) is 0 Å². The molecule has 10 heterocycles. The number of benzene rings is 1. The first-order chi connectivity index (χ1) is 55.7. The van der Waals surface area contributed by atoms with E-state index in [1.54, 1.807) is 23.2 Å². The Labute approximate surface area is 721 Å². The maximum Gasteiger partial charge on any atom is 0.266 e. The summed E-state index contributed by atoms with van der Waals surface area (Å²) in [7, 11) is 0. The molecule has 7 aliphatic heterocycles. The van der Waals surface area contributed by atoms with Crippen LogP contribution in [0.4, 0.5) is 0 Å². The summed E-state index contributed by atoms with van der Waals surface area (Å²) in [6, 6.07) is 20.6. The van der Waals surface area contributed by atoms with E-state index in [9.17, 15) is 19.2 Å². The number of nitrogens with one attached hydrogen (secondary N) is 1. The maximum absolute atomic E-state index is 11.2. The van der Waals surface area contributed by atoms with Crippen molar-refractivity contribution in [2.45, 2.75) is 408 Å². The second-order valence-corrected chi connectivity index (χ2v) is 28.9. The van der Waals surface area contributed by atoms with Crippen LogP contribution in [0.3, 0.4) is 0 Å². The molecule has 7 saturated heterocycles. The molecule has 7 fully saturated rings. The van der Waals surface area contributed by atoms with Crippen molar-refractivity contribution in [3.8, 4) is 0 Å². The number of piperazine rings is 1. The van der Waals surface area contributed by atoms with E-state index in [0.29, 0.717) is 36.7 Å². The molecule has 1 aromatic carbocycles. The van der Waals surface area contributed by atoms with Gasteiger partial charge in [0.1, 0.15) is 6.61 Å². The molecule has 2 amide bonds. The Morgan fingerprint density at radius 1 is 0.319 bits per heavy atom. The molecule has 0 spiro atoms. The van der Waals surface area contributed by atoms with Crippen LogP contribution < -0.4 is 16.4 Å². The van der Waals surface area contributed by atoms with E-state index in [4.69, 9.17) is 9.47 Å². The number of amides is 2. The van der Waals surface area contributed by atoms with Gasteiger partial charge in [-0.15, -0.1) is 0 Å². The summed E-state index contributed by atoms with van der Waals surface area (Å²) in [5.74, 6) is 0.447. The Balaban J connectivity index is -0.000000153. The van der Waals surface area contributed by atoms with Crippen LogP contribution in [0.25, 0.3) is 10.9 Å². The minimum absolute atomic E-state index is 0.00463. The molecule has 11 rings (SSSR count). The first kappa shape index (κ1) is 129. The van der Waals surface area contributed by atoms with E-state index >= 15 is 0 Å². The van der Waals surface area contributed by atoms with Crippen molar-refractivity contribution >= 4 is 22.7 Å². The first-order valence-electron chi connectivity index (χ1n) is 47.4. The van der Waals surface area contributed by atoms with E-state index in [0.717, 1.165) is 89.5 Å². The maximum atomic E-state index is 11.2. The molecule has 7 aliphatic rings. The molecule has 4 aromatic rings. The van der Waals surface area contributed by atoms with Crippen molar-refractivity contribution in [2.75, 3.05) is 118 Å². The van der Waals surface area contributed by atoms with Crippen LogP contribution in [0.5, 0.6) is 0 Å². The van der Waals surface area contributed by atoms with Crippen molar-refractivity contribution < 1.29 is 19.1 Å². The number of likely N-dealkylation sites (tertiary alicyclic amines) is 4. The number of ether oxygens (including phenoxy) is 2. The minimum atomic E-state index is -0.0440. The normalized spacial score (nSPS) is 15.7. The second-order valence-electron chi connectivity index (χ2n) is 28.9. The average molecular weight is 1650 g/mol. The van der Waals surface area contributed by atoms with Crippen LogP contribution in [0.2, 0.25) is 0 Å². The van der Waals surface area contributed by atoms with Gasteiger partial charge >= 0.3 is 0 Å². The average Bonchev–Trinajstić information content (AvgIpc) is 1.68. The van der Waals surface area contributed by atoms with Gasteiger partial charge in [-0.1, -0.05) is 170 Å². The van der Waals surface area contributed by atoms with Gasteiger partial charge in [0.2, 0.25) is 11.8 Å². The summed E-state index contributed by atoms with van der Waals surface area (Å²) in [5, 5.41) is 8.54. The van der Waals surface area contributed by atoms with Gasteiger partial charge in [0.25, 0.3) is 11.1 Å². The number of hydrogen-bond donors (Lipinski definition) is 1. The zero-order valence-electron chi connectivity index (χ0n) is 84.5. The Kier molecular flexibility index (Phi) is 103. The molecule has 3 aromatic heterocycles. The molecule has 0 radical (unpaired) electrons. The highest BCUT2D eigenvalue weighted by Crippen LogP contribution is 2.20. The summed E-state index contributed by atoms with van der Waals surface area (Å²) >= 11 is 0. The lowest BCUT2D eigenvalue weighted by Gasteiger charge is -2.30. The Morgan fingerprint density at radius 3 is 0.991 bits per heavy atom. The number of piperidine rings is 3. The largest absolute Gasteiger partial charge is 0.379 e. The highest BCUT2D eigenvalue weighted by molar-refractivity contribution is 5.80. The van der Waals surface area contributed by atoms with Gasteiger partial charge in [0.05, 0.1) is 32.2 Å². The van der Waals surface area contributed by atoms with Crippen LogP contribution in [0.1, 0.15) is 366 Å². The second kappa shape index (κ2) is 92.4. The first-order valence-corrected chi connectivity index (χ1v) is 47.4. The minimum Gasteiger partial charge on any atom is -0.379 e. The molecule has 116 heavy (non-hydrogen) atoms. The number of fused-ring (bicyclic) bond motifs is 1. The monoisotopic (exact) mass is 1640 g/mol. The summed E-state index contributed by atoms with van der Waals surface area (Å²) in [6.45, 7) is 102. The fourth-order valence-corrected chi connectivity index (χ4v) is 11.9. The molecule has 19 heteroatoms. The number of nitrogens with zero attached hydrogens (tertiary/aromatic N) is 12. The lowest BCUT2D eigenvalue weighted by atomic mass is 10.1. The van der Waals surface area contributed by atoms with Crippen LogP contribution in [-0.4, -0.2) is 230 Å². The van der Waals surface area contributed by atoms with Gasteiger partial charge in [-0.25, -0.2) is 9.67 Å². The Morgan fingerprint density at radius 2 is 0.690 bits per heavy atom.